The maximum absolute atomic E-state index is 11.2. The summed E-state index contributed by atoms with van der Waals surface area (Å²) in [4.78, 5) is 0.112. The molecule has 136 valence electrons. The maximum Gasteiger partial charge on any atom is 0.238 e. The van der Waals surface area contributed by atoms with E-state index in [1.54, 1.807) is 26.4 Å². The Hall–Kier alpha value is -1.80. The summed E-state index contributed by atoms with van der Waals surface area (Å²) in [6, 6.07) is 10.2. The highest BCUT2D eigenvalue weighted by Gasteiger charge is 2.12. The van der Waals surface area contributed by atoms with E-state index in [9.17, 15) is 8.42 Å². The van der Waals surface area contributed by atoms with Crippen molar-refractivity contribution in [2.24, 2.45) is 5.14 Å². The van der Waals surface area contributed by atoms with Gasteiger partial charge >= 0.3 is 0 Å². The number of nitrogens with two attached hydrogens (primary N) is 1. The molecular weight excluding hydrogens is 364 g/mol. The number of hydrogen-bond acceptors (Lipinski definition) is 5. The largest absolute Gasteiger partial charge is 0.493 e. The average Bonchev–Trinajstić information content (AvgIpc) is 2.59. The van der Waals surface area contributed by atoms with Crippen molar-refractivity contribution in [3.8, 4) is 11.5 Å². The summed E-state index contributed by atoms with van der Waals surface area (Å²) in [7, 11) is -0.540. The van der Waals surface area contributed by atoms with E-state index in [1.165, 1.54) is 12.1 Å². The van der Waals surface area contributed by atoms with E-state index >= 15 is 0 Å². The zero-order valence-electron chi connectivity index (χ0n) is 14.1. The molecule has 3 N–H and O–H groups in total. The van der Waals surface area contributed by atoms with Crippen LogP contribution in [0, 0.1) is 0 Å². The molecule has 2 aromatic carbocycles. The Morgan fingerprint density at radius 3 is 2.32 bits per heavy atom. The molecule has 8 heteroatoms. The number of halogens is 1. The molecule has 0 aromatic heterocycles. The van der Waals surface area contributed by atoms with Crippen LogP contribution in [0.4, 0.5) is 0 Å². The number of nitrogens with one attached hydrogen (secondary N) is 1. The number of primary sulfonamides is 1. The lowest BCUT2D eigenvalue weighted by molar-refractivity contribution is 0.354. The molecular formula is C17H21ClN2O4S. The van der Waals surface area contributed by atoms with Crippen LogP contribution < -0.4 is 19.9 Å². The van der Waals surface area contributed by atoms with Crippen LogP contribution in [0.15, 0.2) is 41.3 Å². The fourth-order valence-electron chi connectivity index (χ4n) is 2.37. The Labute approximate surface area is 152 Å². The van der Waals surface area contributed by atoms with Crippen LogP contribution in [-0.2, 0) is 23.0 Å². The number of benzene rings is 2. The SMILES string of the molecule is COc1ccc(CNCCc2ccc(S(N)(=O)=O)cc2)c(Cl)c1OC. The zero-order chi connectivity index (χ0) is 18.4. The second-order valence-electron chi connectivity index (χ2n) is 5.39. The van der Waals surface area contributed by atoms with E-state index in [0.717, 1.165) is 17.5 Å². The molecule has 0 fully saturated rings. The van der Waals surface area contributed by atoms with Crippen molar-refractivity contribution in [1.82, 2.24) is 5.32 Å². The first-order valence-electron chi connectivity index (χ1n) is 7.58. The summed E-state index contributed by atoms with van der Waals surface area (Å²) in [5, 5.41) is 8.90. The van der Waals surface area contributed by atoms with Crippen LogP contribution >= 0.6 is 11.6 Å². The van der Waals surface area contributed by atoms with Gasteiger partial charge in [0, 0.05) is 6.54 Å². The molecule has 0 saturated carbocycles. The second kappa shape index (κ2) is 8.53. The Bertz CT molecular complexity index is 823. The minimum Gasteiger partial charge on any atom is -0.493 e. The number of hydrogen-bond donors (Lipinski definition) is 2. The highest BCUT2D eigenvalue weighted by molar-refractivity contribution is 7.89. The number of rotatable bonds is 8. The Balaban J connectivity index is 1.91. The third-order valence-electron chi connectivity index (χ3n) is 3.72. The van der Waals surface area contributed by atoms with Crippen LogP contribution in [0.5, 0.6) is 11.5 Å². The molecule has 0 amide bonds. The first kappa shape index (κ1) is 19.5. The third kappa shape index (κ3) is 5.09. The van der Waals surface area contributed by atoms with Crippen molar-refractivity contribution in [2.45, 2.75) is 17.9 Å². The van der Waals surface area contributed by atoms with Crippen LogP contribution in [0.25, 0.3) is 0 Å². The quantitative estimate of drug-likeness (QED) is 0.682. The lowest BCUT2D eigenvalue weighted by atomic mass is 10.1. The van der Waals surface area contributed by atoms with Crippen LogP contribution in [0.2, 0.25) is 5.02 Å². The Morgan fingerprint density at radius 2 is 1.76 bits per heavy atom. The van der Waals surface area contributed by atoms with Crippen LogP contribution in [0.1, 0.15) is 11.1 Å². The molecule has 0 aliphatic rings. The fourth-order valence-corrected chi connectivity index (χ4v) is 3.18. The van der Waals surface area contributed by atoms with E-state index < -0.39 is 10.0 Å². The molecule has 0 aliphatic carbocycles. The van der Waals surface area contributed by atoms with Gasteiger partial charge in [-0.25, -0.2) is 13.6 Å². The van der Waals surface area contributed by atoms with E-state index in [0.29, 0.717) is 29.6 Å². The number of methoxy groups -OCH3 is 2. The first-order valence-corrected chi connectivity index (χ1v) is 9.51. The molecule has 2 rings (SSSR count). The van der Waals surface area contributed by atoms with Gasteiger partial charge in [-0.05, 0) is 42.3 Å². The van der Waals surface area contributed by atoms with Gasteiger partial charge in [0.15, 0.2) is 11.5 Å². The topological polar surface area (TPSA) is 90.6 Å². The molecule has 0 heterocycles. The van der Waals surface area contributed by atoms with Crippen LogP contribution in [0.3, 0.4) is 0 Å². The Kier molecular flexibility index (Phi) is 6.66. The summed E-state index contributed by atoms with van der Waals surface area (Å²) < 4.78 is 32.9. The molecule has 0 saturated heterocycles. The molecule has 0 atom stereocenters. The van der Waals surface area contributed by atoms with Crippen LogP contribution in [-0.4, -0.2) is 29.2 Å². The minimum absolute atomic E-state index is 0.112. The highest BCUT2D eigenvalue weighted by Crippen LogP contribution is 2.37. The lowest BCUT2D eigenvalue weighted by Gasteiger charge is -2.13. The molecule has 25 heavy (non-hydrogen) atoms. The van der Waals surface area contributed by atoms with Gasteiger partial charge in [-0.1, -0.05) is 29.8 Å². The minimum atomic E-state index is -3.65. The van der Waals surface area contributed by atoms with E-state index in [-0.39, 0.29) is 4.90 Å². The van der Waals surface area contributed by atoms with Crippen molar-refractivity contribution >= 4 is 21.6 Å². The van der Waals surface area contributed by atoms with Crippen molar-refractivity contribution in [2.75, 3.05) is 20.8 Å². The summed E-state index contributed by atoms with van der Waals surface area (Å²) in [5.74, 6) is 1.10. The normalized spacial score (nSPS) is 11.4. The summed E-state index contributed by atoms with van der Waals surface area (Å²) in [5.41, 5.74) is 1.92. The molecule has 0 spiro atoms. The van der Waals surface area contributed by atoms with Gasteiger partial charge in [-0.2, -0.15) is 0 Å². The monoisotopic (exact) mass is 384 g/mol. The van der Waals surface area contributed by atoms with Gasteiger partial charge in [0.05, 0.1) is 24.1 Å². The number of sulfonamides is 1. The predicted molar refractivity (Wildman–Crippen MR) is 97.8 cm³/mol. The van der Waals surface area contributed by atoms with Crippen molar-refractivity contribution in [1.29, 1.82) is 0 Å². The molecule has 0 aliphatic heterocycles. The molecule has 0 radical (unpaired) electrons. The molecule has 0 bridgehead atoms. The molecule has 0 unspecified atom stereocenters. The standard InChI is InChI=1S/C17H21ClN2O4S/c1-23-15-8-5-13(16(18)17(15)24-2)11-20-10-9-12-3-6-14(7-4-12)25(19,21)22/h3-8,20H,9-11H2,1-2H3,(H2,19,21,22). The Morgan fingerprint density at radius 1 is 1.08 bits per heavy atom. The smallest absolute Gasteiger partial charge is 0.238 e. The van der Waals surface area contributed by atoms with E-state index in [4.69, 9.17) is 26.2 Å². The van der Waals surface area contributed by atoms with Crippen molar-refractivity contribution in [3.63, 3.8) is 0 Å². The predicted octanol–water partition coefficient (Wildman–Crippen LogP) is 2.34. The number of ether oxygens (including phenoxy) is 2. The van der Waals surface area contributed by atoms with Gasteiger partial charge in [0.1, 0.15) is 0 Å². The van der Waals surface area contributed by atoms with E-state index in [1.807, 2.05) is 12.1 Å². The first-order chi connectivity index (χ1) is 11.9. The fraction of sp³-hybridized carbons (Fsp3) is 0.294. The van der Waals surface area contributed by atoms with Crippen molar-refractivity contribution < 1.29 is 17.9 Å². The van der Waals surface area contributed by atoms with Crippen molar-refractivity contribution in [3.05, 3.63) is 52.5 Å². The van der Waals surface area contributed by atoms with Gasteiger partial charge in [-0.3, -0.25) is 0 Å². The van der Waals surface area contributed by atoms with Gasteiger partial charge in [0.25, 0.3) is 0 Å². The maximum atomic E-state index is 11.2. The highest BCUT2D eigenvalue weighted by atomic mass is 35.5. The average molecular weight is 385 g/mol. The lowest BCUT2D eigenvalue weighted by Crippen LogP contribution is -2.17. The van der Waals surface area contributed by atoms with Gasteiger partial charge in [-0.15, -0.1) is 0 Å². The summed E-state index contributed by atoms with van der Waals surface area (Å²) in [6.45, 7) is 1.29. The zero-order valence-corrected chi connectivity index (χ0v) is 15.7. The summed E-state index contributed by atoms with van der Waals surface area (Å²) in [6.07, 6.45) is 0.746. The summed E-state index contributed by atoms with van der Waals surface area (Å²) >= 11 is 6.34. The van der Waals surface area contributed by atoms with E-state index in [2.05, 4.69) is 5.32 Å². The van der Waals surface area contributed by atoms with Gasteiger partial charge < -0.3 is 14.8 Å². The van der Waals surface area contributed by atoms with Gasteiger partial charge in [0.2, 0.25) is 10.0 Å². The molecule has 2 aromatic rings. The molecule has 6 nitrogen and oxygen atoms in total. The second-order valence-corrected chi connectivity index (χ2v) is 7.33. The third-order valence-corrected chi connectivity index (χ3v) is 5.07.